The Kier molecular flexibility index (Phi) is 5.34. The van der Waals surface area contributed by atoms with Gasteiger partial charge in [-0.1, -0.05) is 26.2 Å². The second-order valence-electron chi connectivity index (χ2n) is 7.91. The molecule has 1 amide bonds. The number of carbonyl (C=O) groups excluding carboxylic acids is 1. The molecule has 0 bridgehead atoms. The molecule has 0 aromatic carbocycles. The predicted molar refractivity (Wildman–Crippen MR) is 91.0 cm³/mol. The molecule has 1 heterocycles. The second-order valence-corrected chi connectivity index (χ2v) is 8.47. The lowest BCUT2D eigenvalue weighted by atomic mass is 9.78. The first-order chi connectivity index (χ1) is 10.6. The molecule has 6 unspecified atom stereocenters. The number of nitrogens with one attached hydrogen (secondary N) is 2. The van der Waals surface area contributed by atoms with Gasteiger partial charge in [-0.25, -0.2) is 0 Å². The van der Waals surface area contributed by atoms with E-state index in [0.717, 1.165) is 19.3 Å². The summed E-state index contributed by atoms with van der Waals surface area (Å²) in [6.45, 7) is 4.46. The summed E-state index contributed by atoms with van der Waals surface area (Å²) in [5.41, 5.74) is 0. The van der Waals surface area contributed by atoms with Crippen molar-refractivity contribution in [3.05, 3.63) is 0 Å². The summed E-state index contributed by atoms with van der Waals surface area (Å²) in [5, 5.41) is 7.10. The Morgan fingerprint density at radius 1 is 1.18 bits per heavy atom. The van der Waals surface area contributed by atoms with Crippen LogP contribution in [0.25, 0.3) is 0 Å². The number of alkyl halides is 1. The monoisotopic (exact) mass is 326 g/mol. The Morgan fingerprint density at radius 3 is 2.68 bits per heavy atom. The Bertz CT molecular complexity index is 403. The zero-order valence-corrected chi connectivity index (χ0v) is 14.7. The van der Waals surface area contributed by atoms with E-state index in [1.165, 1.54) is 32.1 Å². The van der Waals surface area contributed by atoms with E-state index in [1.807, 2.05) is 0 Å². The molecule has 1 saturated heterocycles. The van der Waals surface area contributed by atoms with Crippen LogP contribution in [0.2, 0.25) is 0 Å². The lowest BCUT2D eigenvalue weighted by Gasteiger charge is -2.33. The van der Waals surface area contributed by atoms with Gasteiger partial charge in [0.15, 0.2) is 0 Å². The van der Waals surface area contributed by atoms with Crippen LogP contribution < -0.4 is 10.6 Å². The van der Waals surface area contributed by atoms with Gasteiger partial charge in [0.2, 0.25) is 5.91 Å². The third-order valence-electron chi connectivity index (χ3n) is 6.35. The molecule has 2 aliphatic carbocycles. The highest BCUT2D eigenvalue weighted by Crippen LogP contribution is 2.37. The summed E-state index contributed by atoms with van der Waals surface area (Å²) in [6.07, 6.45) is 9.65. The predicted octanol–water partition coefficient (Wildman–Crippen LogP) is 3.46. The summed E-state index contributed by atoms with van der Waals surface area (Å²) < 4.78 is 0. The maximum absolute atomic E-state index is 12.6. The molecule has 22 heavy (non-hydrogen) atoms. The SMILES string of the molecule is CC1CCCC2CC(C(=O)N[C@@H](C)C3CCCCC3Cl)NC12. The zero-order valence-electron chi connectivity index (χ0n) is 14.0. The molecule has 2 saturated carbocycles. The van der Waals surface area contributed by atoms with Crippen molar-refractivity contribution < 1.29 is 4.79 Å². The minimum absolute atomic E-state index is 0.00960. The lowest BCUT2D eigenvalue weighted by molar-refractivity contribution is -0.123. The van der Waals surface area contributed by atoms with Crippen LogP contribution in [0.3, 0.4) is 0 Å². The topological polar surface area (TPSA) is 41.1 Å². The van der Waals surface area contributed by atoms with Crippen molar-refractivity contribution in [3.8, 4) is 0 Å². The highest BCUT2D eigenvalue weighted by Gasteiger charge is 2.42. The normalized spacial score (nSPS) is 43.4. The molecule has 126 valence electrons. The molecule has 3 fully saturated rings. The van der Waals surface area contributed by atoms with Crippen LogP contribution >= 0.6 is 11.6 Å². The third-order valence-corrected chi connectivity index (χ3v) is 6.89. The number of hydrogen-bond donors (Lipinski definition) is 2. The van der Waals surface area contributed by atoms with E-state index >= 15 is 0 Å². The van der Waals surface area contributed by atoms with Crippen LogP contribution in [-0.2, 0) is 4.79 Å². The average Bonchev–Trinajstić information content (AvgIpc) is 2.93. The Hall–Kier alpha value is -0.280. The molecule has 3 aliphatic rings. The quantitative estimate of drug-likeness (QED) is 0.780. The fourth-order valence-corrected chi connectivity index (χ4v) is 5.48. The first-order valence-electron chi connectivity index (χ1n) is 9.26. The molecule has 3 nitrogen and oxygen atoms in total. The van der Waals surface area contributed by atoms with Gasteiger partial charge in [0.05, 0.1) is 6.04 Å². The molecule has 7 atom stereocenters. The van der Waals surface area contributed by atoms with Crippen molar-refractivity contribution in [2.45, 2.75) is 88.7 Å². The van der Waals surface area contributed by atoms with Crippen molar-refractivity contribution >= 4 is 17.5 Å². The second kappa shape index (κ2) is 7.09. The van der Waals surface area contributed by atoms with Crippen LogP contribution in [0, 0.1) is 17.8 Å². The van der Waals surface area contributed by atoms with Gasteiger partial charge >= 0.3 is 0 Å². The number of carbonyl (C=O) groups is 1. The molecule has 2 N–H and O–H groups in total. The van der Waals surface area contributed by atoms with Crippen molar-refractivity contribution in [2.24, 2.45) is 17.8 Å². The first-order valence-corrected chi connectivity index (χ1v) is 9.70. The van der Waals surface area contributed by atoms with Gasteiger partial charge in [-0.05, 0) is 56.8 Å². The lowest BCUT2D eigenvalue weighted by Crippen LogP contribution is -2.50. The Labute approximate surface area is 139 Å². The molecule has 3 rings (SSSR count). The van der Waals surface area contributed by atoms with Gasteiger partial charge in [0.25, 0.3) is 0 Å². The van der Waals surface area contributed by atoms with Crippen LogP contribution in [0.4, 0.5) is 0 Å². The van der Waals surface area contributed by atoms with Crippen molar-refractivity contribution in [2.75, 3.05) is 0 Å². The number of halogens is 1. The van der Waals surface area contributed by atoms with E-state index in [9.17, 15) is 4.79 Å². The van der Waals surface area contributed by atoms with Gasteiger partial charge < -0.3 is 10.6 Å². The molecule has 0 aromatic heterocycles. The van der Waals surface area contributed by atoms with Crippen LogP contribution in [-0.4, -0.2) is 29.4 Å². The van der Waals surface area contributed by atoms with Gasteiger partial charge in [0.1, 0.15) is 0 Å². The van der Waals surface area contributed by atoms with Gasteiger partial charge in [-0.15, -0.1) is 11.6 Å². The van der Waals surface area contributed by atoms with Crippen LogP contribution in [0.5, 0.6) is 0 Å². The molecule has 0 aromatic rings. The molecule has 1 aliphatic heterocycles. The number of hydrogen-bond acceptors (Lipinski definition) is 2. The van der Waals surface area contributed by atoms with E-state index in [4.69, 9.17) is 11.6 Å². The molecule has 0 spiro atoms. The standard InChI is InChI=1S/C18H31ClN2O/c1-11-6-5-7-13-10-16(21-17(11)13)18(22)20-12(2)14-8-3-4-9-15(14)19/h11-17,21H,3-10H2,1-2H3,(H,20,22)/t11?,12-,13?,14?,15?,16?,17?/m0/s1. The molecule has 4 heteroatoms. The smallest absolute Gasteiger partial charge is 0.237 e. The molecular weight excluding hydrogens is 296 g/mol. The fraction of sp³-hybridized carbons (Fsp3) is 0.944. The summed E-state index contributed by atoms with van der Waals surface area (Å²) in [7, 11) is 0. The Morgan fingerprint density at radius 2 is 1.95 bits per heavy atom. The van der Waals surface area contributed by atoms with Crippen molar-refractivity contribution in [1.82, 2.24) is 10.6 Å². The van der Waals surface area contributed by atoms with Crippen LogP contribution in [0.1, 0.15) is 65.2 Å². The van der Waals surface area contributed by atoms with Gasteiger partial charge in [-0.3, -0.25) is 4.79 Å². The summed E-state index contributed by atoms with van der Waals surface area (Å²) in [6, 6.07) is 0.753. The third kappa shape index (κ3) is 3.46. The molecule has 0 radical (unpaired) electrons. The minimum atomic E-state index is 0.00960. The van der Waals surface area contributed by atoms with Crippen molar-refractivity contribution in [3.63, 3.8) is 0 Å². The summed E-state index contributed by atoms with van der Waals surface area (Å²) >= 11 is 6.47. The first kappa shape index (κ1) is 16.6. The molecular formula is C18H31ClN2O. The number of amides is 1. The van der Waals surface area contributed by atoms with Crippen LogP contribution in [0.15, 0.2) is 0 Å². The van der Waals surface area contributed by atoms with Crippen molar-refractivity contribution in [1.29, 1.82) is 0 Å². The van der Waals surface area contributed by atoms with E-state index < -0.39 is 0 Å². The van der Waals surface area contributed by atoms with E-state index in [1.54, 1.807) is 0 Å². The van der Waals surface area contributed by atoms with E-state index in [0.29, 0.717) is 23.8 Å². The van der Waals surface area contributed by atoms with Gasteiger partial charge in [-0.2, -0.15) is 0 Å². The number of fused-ring (bicyclic) bond motifs is 1. The minimum Gasteiger partial charge on any atom is -0.352 e. The van der Waals surface area contributed by atoms with Gasteiger partial charge in [0, 0.05) is 17.5 Å². The zero-order chi connectivity index (χ0) is 15.7. The Balaban J connectivity index is 1.53. The summed E-state index contributed by atoms with van der Waals surface area (Å²) in [4.78, 5) is 12.6. The highest BCUT2D eigenvalue weighted by molar-refractivity contribution is 6.20. The van der Waals surface area contributed by atoms with E-state index in [2.05, 4.69) is 24.5 Å². The average molecular weight is 327 g/mol. The highest BCUT2D eigenvalue weighted by atomic mass is 35.5. The number of rotatable bonds is 3. The summed E-state index contributed by atoms with van der Waals surface area (Å²) in [5.74, 6) is 2.04. The van der Waals surface area contributed by atoms with E-state index in [-0.39, 0.29) is 23.4 Å². The maximum Gasteiger partial charge on any atom is 0.237 e. The maximum atomic E-state index is 12.6. The fourth-order valence-electron chi connectivity index (χ4n) is 4.99. The largest absolute Gasteiger partial charge is 0.352 e.